The van der Waals surface area contributed by atoms with Crippen molar-refractivity contribution >= 4 is 68.3 Å². The molecular formula is C15H9Cl3N2O5S. The highest BCUT2D eigenvalue weighted by molar-refractivity contribution is 7.16. The molecule has 2 heterocycles. The van der Waals surface area contributed by atoms with Crippen LogP contribution in [0, 0.1) is 0 Å². The summed E-state index contributed by atoms with van der Waals surface area (Å²) in [5, 5.41) is 17.7. The number of nitrogens with zero attached hydrogens (tertiary/aromatic N) is 2. The Morgan fingerprint density at radius 1 is 1.08 bits per heavy atom. The minimum Gasteiger partial charge on any atom is -0.480 e. The molecule has 0 aliphatic rings. The van der Waals surface area contributed by atoms with Crippen molar-refractivity contribution in [2.75, 3.05) is 0 Å². The molecule has 2 aromatic heterocycles. The highest BCUT2D eigenvalue weighted by Crippen LogP contribution is 2.25. The number of carbonyl (C=O) groups is 2. The highest BCUT2D eigenvalue weighted by atomic mass is 35.5. The minimum absolute atomic E-state index is 0.0851. The van der Waals surface area contributed by atoms with Gasteiger partial charge >= 0.3 is 16.8 Å². The Bertz CT molecular complexity index is 1050. The number of aromatic carboxylic acids is 1. The van der Waals surface area contributed by atoms with E-state index in [0.29, 0.717) is 15.2 Å². The van der Waals surface area contributed by atoms with Crippen LogP contribution in [0.5, 0.6) is 0 Å². The third-order valence-electron chi connectivity index (χ3n) is 2.95. The number of aliphatic carboxylic acids is 1. The largest absolute Gasteiger partial charge is 0.480 e. The van der Waals surface area contributed by atoms with Crippen molar-refractivity contribution in [1.82, 2.24) is 9.55 Å². The van der Waals surface area contributed by atoms with E-state index in [4.69, 9.17) is 45.0 Å². The van der Waals surface area contributed by atoms with Crippen LogP contribution in [-0.2, 0) is 11.3 Å². The molecule has 0 bridgehead atoms. The molecule has 0 fully saturated rings. The SMILES string of the molecule is O=C(O)Cn1c(=O)sc2cccc(Cl)c21.O=C(O)c1nc(Cl)ccc1Cl. The number of rotatable bonds is 3. The molecule has 3 aromatic rings. The summed E-state index contributed by atoms with van der Waals surface area (Å²) in [6.45, 7) is -0.359. The molecule has 11 heteroatoms. The lowest BCUT2D eigenvalue weighted by Gasteiger charge is -2.00. The van der Waals surface area contributed by atoms with Gasteiger partial charge < -0.3 is 10.2 Å². The van der Waals surface area contributed by atoms with Gasteiger partial charge in [0.15, 0.2) is 5.69 Å². The lowest BCUT2D eigenvalue weighted by Crippen LogP contribution is -2.18. The first-order chi connectivity index (χ1) is 12.2. The highest BCUT2D eigenvalue weighted by Gasteiger charge is 2.12. The Balaban J connectivity index is 0.000000197. The van der Waals surface area contributed by atoms with Crippen LogP contribution in [0.25, 0.3) is 10.2 Å². The number of hydrogen-bond donors (Lipinski definition) is 2. The van der Waals surface area contributed by atoms with Gasteiger partial charge in [-0.25, -0.2) is 9.78 Å². The second-order valence-corrected chi connectivity index (χ2v) is 6.90. The molecule has 0 aliphatic heterocycles. The predicted octanol–water partition coefficient (Wildman–Crippen LogP) is 3.89. The van der Waals surface area contributed by atoms with Crippen LogP contribution in [0.3, 0.4) is 0 Å². The van der Waals surface area contributed by atoms with Crippen molar-refractivity contribution < 1.29 is 19.8 Å². The molecule has 0 saturated heterocycles. The maximum atomic E-state index is 11.5. The molecule has 0 spiro atoms. The third-order valence-corrected chi connectivity index (χ3v) is 4.71. The Hall–Kier alpha value is -2.13. The number of thiazole rings is 1. The van der Waals surface area contributed by atoms with E-state index in [2.05, 4.69) is 4.98 Å². The van der Waals surface area contributed by atoms with E-state index >= 15 is 0 Å². The van der Waals surface area contributed by atoms with E-state index in [0.717, 1.165) is 11.3 Å². The number of fused-ring (bicyclic) bond motifs is 1. The summed E-state index contributed by atoms with van der Waals surface area (Å²) >= 11 is 17.8. The normalized spacial score (nSPS) is 10.3. The quantitative estimate of drug-likeness (QED) is 0.604. The van der Waals surface area contributed by atoms with Gasteiger partial charge in [-0.05, 0) is 24.3 Å². The van der Waals surface area contributed by atoms with Gasteiger partial charge in [-0.1, -0.05) is 52.2 Å². The number of hydrogen-bond acceptors (Lipinski definition) is 5. The summed E-state index contributed by atoms with van der Waals surface area (Å²) in [6, 6.07) is 7.92. The Morgan fingerprint density at radius 2 is 1.77 bits per heavy atom. The molecule has 0 radical (unpaired) electrons. The monoisotopic (exact) mass is 434 g/mol. The molecule has 0 amide bonds. The average Bonchev–Trinajstić information content (AvgIpc) is 2.86. The second-order valence-electron chi connectivity index (χ2n) is 4.70. The van der Waals surface area contributed by atoms with Crippen molar-refractivity contribution in [1.29, 1.82) is 0 Å². The van der Waals surface area contributed by atoms with E-state index in [1.165, 1.54) is 16.7 Å². The van der Waals surface area contributed by atoms with E-state index in [1.54, 1.807) is 18.2 Å². The Morgan fingerprint density at radius 3 is 2.35 bits per heavy atom. The summed E-state index contributed by atoms with van der Waals surface area (Å²) in [7, 11) is 0. The third kappa shape index (κ3) is 4.73. The standard InChI is InChI=1S/C9H6ClNO3S.C6H3Cl2NO2/c10-5-2-1-3-6-8(5)11(4-7(12)13)9(14)15-6;7-3-1-2-4(8)9-5(3)6(10)11/h1-3H,4H2,(H,12,13);1-2H,(H,10,11). The predicted molar refractivity (Wildman–Crippen MR) is 99.9 cm³/mol. The molecule has 7 nitrogen and oxygen atoms in total. The van der Waals surface area contributed by atoms with Gasteiger partial charge in [-0.15, -0.1) is 0 Å². The summed E-state index contributed by atoms with van der Waals surface area (Å²) in [5.74, 6) is -2.24. The number of pyridine rings is 1. The minimum atomic E-state index is -1.18. The lowest BCUT2D eigenvalue weighted by molar-refractivity contribution is -0.137. The first kappa shape index (κ1) is 20.2. The molecule has 26 heavy (non-hydrogen) atoms. The number of aromatic nitrogens is 2. The van der Waals surface area contributed by atoms with Crippen molar-refractivity contribution in [3.8, 4) is 0 Å². The summed E-state index contributed by atoms with van der Waals surface area (Å²) in [5.41, 5.74) is 0.274. The summed E-state index contributed by atoms with van der Waals surface area (Å²) < 4.78 is 1.87. The zero-order chi connectivity index (χ0) is 19.4. The first-order valence-electron chi connectivity index (χ1n) is 6.75. The lowest BCUT2D eigenvalue weighted by atomic mass is 10.3. The van der Waals surface area contributed by atoms with E-state index < -0.39 is 11.9 Å². The zero-order valence-corrected chi connectivity index (χ0v) is 15.7. The van der Waals surface area contributed by atoms with E-state index in [1.807, 2.05) is 0 Å². The van der Waals surface area contributed by atoms with Crippen LogP contribution in [0.1, 0.15) is 10.5 Å². The summed E-state index contributed by atoms with van der Waals surface area (Å²) in [6.07, 6.45) is 0. The summed E-state index contributed by atoms with van der Waals surface area (Å²) in [4.78, 5) is 35.6. The topological polar surface area (TPSA) is 109 Å². The van der Waals surface area contributed by atoms with Gasteiger partial charge in [0.2, 0.25) is 0 Å². The second kappa shape index (κ2) is 8.50. The number of benzene rings is 1. The fourth-order valence-corrected chi connectivity index (χ4v) is 3.51. The van der Waals surface area contributed by atoms with Crippen molar-refractivity contribution in [2.24, 2.45) is 0 Å². The average molecular weight is 436 g/mol. The molecule has 0 aliphatic carbocycles. The Kier molecular flexibility index (Phi) is 6.60. The van der Waals surface area contributed by atoms with Gasteiger partial charge in [0.05, 0.1) is 20.3 Å². The van der Waals surface area contributed by atoms with Crippen LogP contribution in [-0.4, -0.2) is 31.7 Å². The Labute approximate surface area is 165 Å². The van der Waals surface area contributed by atoms with Gasteiger partial charge in [0.25, 0.3) is 0 Å². The van der Waals surface area contributed by atoms with Crippen LogP contribution >= 0.6 is 46.1 Å². The maximum absolute atomic E-state index is 11.5. The smallest absolute Gasteiger partial charge is 0.356 e. The molecule has 0 atom stereocenters. The molecule has 0 unspecified atom stereocenters. The van der Waals surface area contributed by atoms with Crippen LogP contribution in [0.2, 0.25) is 15.2 Å². The van der Waals surface area contributed by atoms with E-state index in [9.17, 15) is 14.4 Å². The number of carboxylic acid groups (broad SMARTS) is 2. The first-order valence-corrected chi connectivity index (χ1v) is 8.70. The van der Waals surface area contributed by atoms with Crippen LogP contribution in [0.15, 0.2) is 35.1 Å². The number of para-hydroxylation sites is 1. The molecular weight excluding hydrogens is 427 g/mol. The van der Waals surface area contributed by atoms with Crippen molar-refractivity contribution in [2.45, 2.75) is 6.54 Å². The number of halogens is 3. The van der Waals surface area contributed by atoms with Crippen LogP contribution in [0.4, 0.5) is 0 Å². The fourth-order valence-electron chi connectivity index (χ4n) is 1.93. The van der Waals surface area contributed by atoms with E-state index in [-0.39, 0.29) is 27.3 Å². The van der Waals surface area contributed by atoms with Crippen molar-refractivity contribution in [3.05, 3.63) is 60.9 Å². The van der Waals surface area contributed by atoms with Gasteiger partial charge in [0.1, 0.15) is 11.7 Å². The van der Waals surface area contributed by atoms with Crippen molar-refractivity contribution in [3.63, 3.8) is 0 Å². The van der Waals surface area contributed by atoms with Gasteiger partial charge in [-0.3, -0.25) is 14.2 Å². The van der Waals surface area contributed by atoms with Crippen LogP contribution < -0.4 is 4.87 Å². The van der Waals surface area contributed by atoms with Gasteiger partial charge in [0, 0.05) is 0 Å². The molecule has 136 valence electrons. The van der Waals surface area contributed by atoms with Gasteiger partial charge in [-0.2, -0.15) is 0 Å². The fraction of sp³-hybridized carbons (Fsp3) is 0.0667. The molecule has 3 rings (SSSR count). The molecule has 0 saturated carbocycles. The zero-order valence-electron chi connectivity index (χ0n) is 12.6. The molecule has 2 N–H and O–H groups in total. The number of carboxylic acids is 2. The molecule has 1 aromatic carbocycles. The maximum Gasteiger partial charge on any atom is 0.356 e.